The first-order valence-corrected chi connectivity index (χ1v) is 15.0. The molecule has 1 aromatic carbocycles. The molecule has 0 atom stereocenters. The maximum absolute atomic E-state index is 13.3. The summed E-state index contributed by atoms with van der Waals surface area (Å²) in [5.41, 5.74) is 1.40. The highest BCUT2D eigenvalue weighted by atomic mass is 16.4. The fraction of sp³-hybridized carbons (Fsp3) is 0.406. The summed E-state index contributed by atoms with van der Waals surface area (Å²) in [5, 5.41) is 22.9. The monoisotopic (exact) mass is 600 g/mol. The molecule has 12 heteroatoms. The summed E-state index contributed by atoms with van der Waals surface area (Å²) >= 11 is 0. The van der Waals surface area contributed by atoms with Crippen LogP contribution in [0.15, 0.2) is 66.1 Å². The molecule has 0 radical (unpaired) electrons. The van der Waals surface area contributed by atoms with Gasteiger partial charge >= 0.3 is 5.97 Å². The second kappa shape index (κ2) is 13.4. The number of anilines is 3. The molecule has 12 nitrogen and oxygen atoms in total. The molecule has 4 heterocycles. The molecule has 0 saturated carbocycles. The van der Waals surface area contributed by atoms with Crippen LogP contribution in [-0.2, 0) is 16.9 Å². The maximum Gasteiger partial charge on any atom is 0.303 e. The highest BCUT2D eigenvalue weighted by Crippen LogP contribution is 2.24. The number of aliphatic carboxylic acids is 1. The van der Waals surface area contributed by atoms with Crippen molar-refractivity contribution in [2.75, 3.05) is 42.9 Å². The summed E-state index contributed by atoms with van der Waals surface area (Å²) in [7, 11) is 0. The standard InChI is InChI=1S/C32H40N8O4/c1-4-16-39-30(43)25-22-33-31(36-29(25)40(39)27-10-8-9-26(35-27)32(2,3)44)34-23-12-14-24(15-13-23)38-20-18-37(19-21-38)17-7-5-6-11-28(41)42/h4,8-10,12-15,22,44H,1,5-7,11,16-21H2,2-3H3,(H,41,42)(H,33,34,36). The molecule has 4 aromatic rings. The third-order valence-electron chi connectivity index (χ3n) is 7.78. The topological polar surface area (TPSA) is 142 Å². The van der Waals surface area contributed by atoms with Gasteiger partial charge in [-0.15, -0.1) is 6.58 Å². The van der Waals surface area contributed by atoms with Gasteiger partial charge in [0.2, 0.25) is 5.95 Å². The van der Waals surface area contributed by atoms with Gasteiger partial charge in [-0.3, -0.25) is 14.5 Å². The van der Waals surface area contributed by atoms with E-state index in [2.05, 4.69) is 43.8 Å². The molecule has 3 N–H and O–H groups in total. The van der Waals surface area contributed by atoms with Gasteiger partial charge in [-0.05, 0) is 69.6 Å². The number of nitrogens with one attached hydrogen (secondary N) is 1. The quantitative estimate of drug-likeness (QED) is 0.153. The van der Waals surface area contributed by atoms with Crippen LogP contribution in [0.25, 0.3) is 16.9 Å². The molecule has 3 aromatic heterocycles. The Hall–Kier alpha value is -4.55. The van der Waals surface area contributed by atoms with Crippen LogP contribution in [0.1, 0.15) is 45.2 Å². The molecule has 1 aliphatic heterocycles. The van der Waals surface area contributed by atoms with Crippen molar-refractivity contribution in [1.29, 1.82) is 0 Å². The number of fused-ring (bicyclic) bond motifs is 1. The molecule has 1 aliphatic rings. The van der Waals surface area contributed by atoms with Crippen LogP contribution < -0.4 is 15.8 Å². The minimum Gasteiger partial charge on any atom is -0.481 e. The van der Waals surface area contributed by atoms with Gasteiger partial charge in [0.15, 0.2) is 11.5 Å². The van der Waals surface area contributed by atoms with E-state index >= 15 is 0 Å². The minimum absolute atomic E-state index is 0.245. The van der Waals surface area contributed by atoms with Crippen LogP contribution in [0, 0.1) is 0 Å². The molecule has 0 amide bonds. The van der Waals surface area contributed by atoms with E-state index in [1.54, 1.807) is 42.8 Å². The van der Waals surface area contributed by atoms with Crippen LogP contribution in [0.5, 0.6) is 0 Å². The molecule has 0 bridgehead atoms. The first kappa shape index (κ1) is 30.9. The summed E-state index contributed by atoms with van der Waals surface area (Å²) in [5.74, 6) is 0.0671. The van der Waals surface area contributed by atoms with E-state index in [1.807, 2.05) is 12.1 Å². The Kier molecular flexibility index (Phi) is 9.40. The van der Waals surface area contributed by atoms with Crippen molar-refractivity contribution in [3.8, 4) is 5.82 Å². The number of rotatable bonds is 13. The lowest BCUT2D eigenvalue weighted by Crippen LogP contribution is -2.46. The van der Waals surface area contributed by atoms with Crippen LogP contribution >= 0.6 is 0 Å². The number of aromatic nitrogens is 5. The number of pyridine rings is 1. The van der Waals surface area contributed by atoms with Crippen LogP contribution in [0.3, 0.4) is 0 Å². The lowest BCUT2D eigenvalue weighted by atomic mass is 10.1. The second-order valence-corrected chi connectivity index (χ2v) is 11.6. The first-order valence-electron chi connectivity index (χ1n) is 15.0. The largest absolute Gasteiger partial charge is 0.481 e. The summed E-state index contributed by atoms with van der Waals surface area (Å²) in [6, 6.07) is 13.4. The zero-order valence-electron chi connectivity index (χ0n) is 25.3. The average Bonchev–Trinajstić information content (AvgIpc) is 3.27. The van der Waals surface area contributed by atoms with Crippen LogP contribution in [0.4, 0.5) is 17.3 Å². The van der Waals surface area contributed by atoms with Crippen molar-refractivity contribution in [1.82, 2.24) is 29.2 Å². The summed E-state index contributed by atoms with van der Waals surface area (Å²) < 4.78 is 3.14. The number of hydrogen-bond donors (Lipinski definition) is 3. The molecule has 44 heavy (non-hydrogen) atoms. The summed E-state index contributed by atoms with van der Waals surface area (Å²) in [6.45, 7) is 12.2. The summed E-state index contributed by atoms with van der Waals surface area (Å²) in [6.07, 6.45) is 6.12. The Bertz CT molecular complexity index is 1660. The molecule has 0 spiro atoms. The van der Waals surface area contributed by atoms with E-state index in [9.17, 15) is 14.7 Å². The second-order valence-electron chi connectivity index (χ2n) is 11.6. The van der Waals surface area contributed by atoms with Gasteiger partial charge in [-0.1, -0.05) is 18.6 Å². The molecule has 0 aliphatic carbocycles. The van der Waals surface area contributed by atoms with Gasteiger partial charge in [-0.25, -0.2) is 19.3 Å². The van der Waals surface area contributed by atoms with Crippen LogP contribution in [-0.4, -0.2) is 78.1 Å². The molecule has 5 rings (SSSR count). The summed E-state index contributed by atoms with van der Waals surface area (Å²) in [4.78, 5) is 42.5. The van der Waals surface area contributed by atoms with E-state index in [4.69, 9.17) is 10.1 Å². The number of unbranched alkanes of at least 4 members (excludes halogenated alkanes) is 2. The Morgan fingerprint density at radius 2 is 1.80 bits per heavy atom. The van der Waals surface area contributed by atoms with Crippen molar-refractivity contribution in [2.45, 2.75) is 51.7 Å². The van der Waals surface area contributed by atoms with Gasteiger partial charge in [0, 0.05) is 50.2 Å². The molecular weight excluding hydrogens is 560 g/mol. The Labute approximate surface area is 256 Å². The van der Waals surface area contributed by atoms with E-state index < -0.39 is 11.6 Å². The third-order valence-corrected chi connectivity index (χ3v) is 7.78. The van der Waals surface area contributed by atoms with Crippen LogP contribution in [0.2, 0.25) is 0 Å². The lowest BCUT2D eigenvalue weighted by molar-refractivity contribution is -0.137. The first-order chi connectivity index (χ1) is 21.1. The maximum atomic E-state index is 13.3. The predicted molar refractivity (Wildman–Crippen MR) is 171 cm³/mol. The van der Waals surface area contributed by atoms with Crippen molar-refractivity contribution >= 4 is 34.3 Å². The van der Waals surface area contributed by atoms with Gasteiger partial charge in [0.25, 0.3) is 5.56 Å². The number of aliphatic hydroxyl groups is 1. The van der Waals surface area contributed by atoms with Gasteiger partial charge in [0.1, 0.15) is 11.0 Å². The molecule has 232 valence electrons. The molecule has 0 unspecified atom stereocenters. The van der Waals surface area contributed by atoms with E-state index in [0.717, 1.165) is 63.4 Å². The molecule has 1 fully saturated rings. The number of benzene rings is 1. The number of carboxylic acid groups (broad SMARTS) is 1. The smallest absolute Gasteiger partial charge is 0.303 e. The van der Waals surface area contributed by atoms with Crippen molar-refractivity contribution in [3.63, 3.8) is 0 Å². The highest BCUT2D eigenvalue weighted by molar-refractivity contribution is 5.77. The average molecular weight is 601 g/mol. The fourth-order valence-corrected chi connectivity index (χ4v) is 5.39. The predicted octanol–water partition coefficient (Wildman–Crippen LogP) is 3.90. The molecular formula is C32H40N8O4. The lowest BCUT2D eigenvalue weighted by Gasteiger charge is -2.36. The number of allylic oxidation sites excluding steroid dienone is 1. The number of hydrogen-bond acceptors (Lipinski definition) is 9. The minimum atomic E-state index is -1.16. The zero-order chi connectivity index (χ0) is 31.3. The number of piperazine rings is 1. The zero-order valence-corrected chi connectivity index (χ0v) is 25.3. The normalized spacial score (nSPS) is 14.2. The van der Waals surface area contributed by atoms with Crippen molar-refractivity contribution in [3.05, 3.63) is 77.4 Å². The Balaban J connectivity index is 1.28. The number of carbonyl (C=O) groups is 1. The number of carboxylic acids is 1. The molecule has 1 saturated heterocycles. The van der Waals surface area contributed by atoms with Gasteiger partial charge < -0.3 is 20.4 Å². The van der Waals surface area contributed by atoms with E-state index in [-0.39, 0.29) is 18.5 Å². The fourth-order valence-electron chi connectivity index (χ4n) is 5.39. The Morgan fingerprint density at radius 3 is 2.48 bits per heavy atom. The van der Waals surface area contributed by atoms with Gasteiger partial charge in [0.05, 0.1) is 12.2 Å². The SMILES string of the molecule is C=CCn1c(=O)c2cnc(Nc3ccc(N4CCN(CCCCCC(=O)O)CC4)cc3)nc2n1-c1cccc(C(C)(C)O)n1. The van der Waals surface area contributed by atoms with Crippen molar-refractivity contribution in [2.24, 2.45) is 0 Å². The van der Waals surface area contributed by atoms with E-state index in [0.29, 0.717) is 28.5 Å². The Morgan fingerprint density at radius 1 is 1.05 bits per heavy atom. The third kappa shape index (κ3) is 7.14. The van der Waals surface area contributed by atoms with E-state index in [1.165, 1.54) is 10.9 Å². The highest BCUT2D eigenvalue weighted by Gasteiger charge is 2.22. The van der Waals surface area contributed by atoms with Gasteiger partial charge in [-0.2, -0.15) is 4.98 Å². The van der Waals surface area contributed by atoms with Crippen molar-refractivity contribution < 1.29 is 15.0 Å². The number of nitrogens with zero attached hydrogens (tertiary/aromatic N) is 7.